The highest BCUT2D eigenvalue weighted by Gasteiger charge is 2.37. The van der Waals surface area contributed by atoms with Crippen LogP contribution in [0.15, 0.2) is 23.1 Å². The van der Waals surface area contributed by atoms with Gasteiger partial charge in [-0.25, -0.2) is 23.5 Å². The van der Waals surface area contributed by atoms with Crippen molar-refractivity contribution in [2.75, 3.05) is 18.0 Å². The number of rotatable bonds is 3. The maximum atomic E-state index is 14.8. The Bertz CT molecular complexity index is 1440. The number of halogens is 2. The maximum absolute atomic E-state index is 14.8. The summed E-state index contributed by atoms with van der Waals surface area (Å²) in [4.78, 5) is 43.4. The van der Waals surface area contributed by atoms with Gasteiger partial charge in [0.2, 0.25) is 0 Å². The number of pyridine rings is 2. The molecule has 0 aromatic carbocycles. The van der Waals surface area contributed by atoms with Crippen molar-refractivity contribution in [3.05, 3.63) is 51.0 Å². The van der Waals surface area contributed by atoms with Gasteiger partial charge in [-0.05, 0) is 65.2 Å². The third-order valence-corrected chi connectivity index (χ3v) is 6.77. The first-order chi connectivity index (χ1) is 17.7. The van der Waals surface area contributed by atoms with Crippen molar-refractivity contribution in [3.8, 4) is 5.69 Å². The molecule has 4 heterocycles. The molecule has 2 atom stereocenters. The van der Waals surface area contributed by atoms with Gasteiger partial charge >= 0.3 is 11.8 Å². The van der Waals surface area contributed by atoms with Gasteiger partial charge in [-0.1, -0.05) is 25.4 Å². The van der Waals surface area contributed by atoms with Gasteiger partial charge in [-0.15, -0.1) is 0 Å². The summed E-state index contributed by atoms with van der Waals surface area (Å²) in [5, 5.41) is 0.00139. The topological polar surface area (TPSA) is 93.5 Å². The summed E-state index contributed by atoms with van der Waals surface area (Å²) in [6.45, 7) is 15.8. The molecule has 1 saturated heterocycles. The fourth-order valence-corrected chi connectivity index (χ4v) is 5.12. The Labute approximate surface area is 226 Å². The van der Waals surface area contributed by atoms with E-state index in [0.29, 0.717) is 35.7 Å². The standard InChI is InChI=1S/C27H34ClFN6O3/c1-14(2)20-21(15(3)9-10-30-20)35-24-18(11-19(29)22(28)31-24)23(32-25(35)36)33-12-16(4)34(17(5)13-33)26(37)38-27(6,7)8/h9-11,14,16-17H,12-13H2,1-8H3/t16-,17+. The molecule has 1 fully saturated rings. The quantitative estimate of drug-likeness (QED) is 0.416. The van der Waals surface area contributed by atoms with Crippen LogP contribution in [0, 0.1) is 12.7 Å². The van der Waals surface area contributed by atoms with Gasteiger partial charge in [-0.3, -0.25) is 9.88 Å². The molecule has 0 saturated carbocycles. The average molecular weight is 545 g/mol. The average Bonchev–Trinajstić information content (AvgIpc) is 2.78. The molecule has 0 aliphatic carbocycles. The Hall–Kier alpha value is -3.27. The molecule has 11 heteroatoms. The first-order valence-corrected chi connectivity index (χ1v) is 13.1. The molecule has 0 bridgehead atoms. The number of hydrogen-bond donors (Lipinski definition) is 0. The lowest BCUT2D eigenvalue weighted by Gasteiger charge is -2.45. The Morgan fingerprint density at radius 1 is 1.18 bits per heavy atom. The van der Waals surface area contributed by atoms with Crippen molar-refractivity contribution < 1.29 is 13.9 Å². The summed E-state index contributed by atoms with van der Waals surface area (Å²) in [5.74, 6) is -0.419. The third kappa shape index (κ3) is 5.18. The molecule has 204 valence electrons. The van der Waals surface area contributed by atoms with E-state index in [0.717, 1.165) is 5.56 Å². The van der Waals surface area contributed by atoms with Crippen molar-refractivity contribution in [3.63, 3.8) is 0 Å². The van der Waals surface area contributed by atoms with Crippen molar-refractivity contribution in [1.29, 1.82) is 0 Å². The van der Waals surface area contributed by atoms with Crippen LogP contribution in [0.25, 0.3) is 16.7 Å². The van der Waals surface area contributed by atoms with Crippen LogP contribution in [0.1, 0.15) is 65.6 Å². The minimum Gasteiger partial charge on any atom is -0.444 e. The maximum Gasteiger partial charge on any atom is 0.410 e. The molecular formula is C27H34ClFN6O3. The highest BCUT2D eigenvalue weighted by Crippen LogP contribution is 2.32. The van der Waals surface area contributed by atoms with E-state index in [-0.39, 0.29) is 28.8 Å². The lowest BCUT2D eigenvalue weighted by atomic mass is 10.0. The van der Waals surface area contributed by atoms with Crippen molar-refractivity contribution >= 4 is 34.5 Å². The highest BCUT2D eigenvalue weighted by molar-refractivity contribution is 6.30. The van der Waals surface area contributed by atoms with Crippen LogP contribution in [-0.2, 0) is 4.74 Å². The van der Waals surface area contributed by atoms with Gasteiger partial charge in [0.25, 0.3) is 0 Å². The number of hydrogen-bond acceptors (Lipinski definition) is 7. The minimum absolute atomic E-state index is 0.00470. The lowest BCUT2D eigenvalue weighted by molar-refractivity contribution is 0.00562. The molecule has 1 aliphatic heterocycles. The molecule has 38 heavy (non-hydrogen) atoms. The molecular weight excluding hydrogens is 511 g/mol. The monoisotopic (exact) mass is 544 g/mol. The molecule has 0 unspecified atom stereocenters. The summed E-state index contributed by atoms with van der Waals surface area (Å²) >= 11 is 6.12. The zero-order valence-corrected chi connectivity index (χ0v) is 23.8. The SMILES string of the molecule is Cc1ccnc(C(C)C)c1-n1c(=O)nc(N2C[C@@H](C)N(C(=O)OC(C)(C)C)[C@@H](C)C2)c2cc(F)c(Cl)nc21. The number of aryl methyl sites for hydroxylation is 1. The van der Waals surface area contributed by atoms with Crippen LogP contribution in [-0.4, -0.2) is 61.3 Å². The molecule has 9 nitrogen and oxygen atoms in total. The van der Waals surface area contributed by atoms with E-state index < -0.39 is 23.2 Å². The van der Waals surface area contributed by atoms with Crippen LogP contribution < -0.4 is 10.6 Å². The van der Waals surface area contributed by atoms with Crippen LogP contribution >= 0.6 is 11.6 Å². The zero-order chi connectivity index (χ0) is 28.1. The van der Waals surface area contributed by atoms with E-state index in [1.165, 1.54) is 10.6 Å². The second-order valence-corrected chi connectivity index (χ2v) is 11.6. The van der Waals surface area contributed by atoms with E-state index in [1.807, 2.05) is 60.3 Å². The van der Waals surface area contributed by atoms with Crippen LogP contribution in [0.5, 0.6) is 0 Å². The number of amides is 1. The van der Waals surface area contributed by atoms with E-state index in [1.54, 1.807) is 17.2 Å². The summed E-state index contributed by atoms with van der Waals surface area (Å²) < 4.78 is 21.8. The number of carbonyl (C=O) groups is 1. The van der Waals surface area contributed by atoms with Crippen molar-refractivity contribution in [2.45, 2.75) is 79.0 Å². The third-order valence-electron chi connectivity index (χ3n) is 6.51. The lowest BCUT2D eigenvalue weighted by Crippen LogP contribution is -2.59. The van der Waals surface area contributed by atoms with Gasteiger partial charge in [0.05, 0.1) is 28.9 Å². The minimum atomic E-state index is -0.715. The molecule has 3 aromatic rings. The Balaban J connectivity index is 1.87. The summed E-state index contributed by atoms with van der Waals surface area (Å²) in [6, 6.07) is 2.55. The number of fused-ring (bicyclic) bond motifs is 1. The number of aromatic nitrogens is 4. The normalized spacial score (nSPS) is 18.4. The Kier molecular flexibility index (Phi) is 7.40. The number of carbonyl (C=O) groups excluding carboxylic acids is 1. The van der Waals surface area contributed by atoms with Crippen LogP contribution in [0.3, 0.4) is 0 Å². The van der Waals surface area contributed by atoms with E-state index in [4.69, 9.17) is 16.3 Å². The van der Waals surface area contributed by atoms with Gasteiger partial charge in [0.15, 0.2) is 16.6 Å². The van der Waals surface area contributed by atoms with E-state index in [2.05, 4.69) is 15.0 Å². The summed E-state index contributed by atoms with van der Waals surface area (Å²) in [7, 11) is 0. The number of anilines is 1. The predicted molar refractivity (Wildman–Crippen MR) is 146 cm³/mol. The van der Waals surface area contributed by atoms with Crippen LogP contribution in [0.2, 0.25) is 5.15 Å². The van der Waals surface area contributed by atoms with Crippen LogP contribution in [0.4, 0.5) is 15.0 Å². The highest BCUT2D eigenvalue weighted by atomic mass is 35.5. The summed E-state index contributed by atoms with van der Waals surface area (Å²) in [6.07, 6.45) is 1.29. The molecule has 3 aromatic heterocycles. The number of nitrogens with zero attached hydrogens (tertiary/aromatic N) is 6. The zero-order valence-electron chi connectivity index (χ0n) is 23.0. The second kappa shape index (κ2) is 10.1. The van der Waals surface area contributed by atoms with Gasteiger partial charge in [0.1, 0.15) is 11.4 Å². The first kappa shape index (κ1) is 27.8. The van der Waals surface area contributed by atoms with Crippen molar-refractivity contribution in [2.24, 2.45) is 0 Å². The van der Waals surface area contributed by atoms with E-state index in [9.17, 15) is 14.0 Å². The largest absolute Gasteiger partial charge is 0.444 e. The van der Waals surface area contributed by atoms with Gasteiger partial charge in [0, 0.05) is 19.3 Å². The summed E-state index contributed by atoms with van der Waals surface area (Å²) in [5.41, 5.74) is 1.05. The second-order valence-electron chi connectivity index (χ2n) is 11.2. The van der Waals surface area contributed by atoms with Gasteiger partial charge in [-0.2, -0.15) is 4.98 Å². The Morgan fingerprint density at radius 3 is 2.39 bits per heavy atom. The predicted octanol–water partition coefficient (Wildman–Crippen LogP) is 5.23. The Morgan fingerprint density at radius 2 is 1.82 bits per heavy atom. The molecule has 0 spiro atoms. The van der Waals surface area contributed by atoms with Gasteiger partial charge < -0.3 is 9.64 Å². The first-order valence-electron chi connectivity index (χ1n) is 12.7. The molecule has 1 amide bonds. The number of piperazine rings is 1. The molecule has 4 rings (SSSR count). The fraction of sp³-hybridized carbons (Fsp3) is 0.519. The number of ether oxygens (including phenoxy) is 1. The van der Waals surface area contributed by atoms with Crippen molar-refractivity contribution in [1.82, 2.24) is 24.4 Å². The van der Waals surface area contributed by atoms with E-state index >= 15 is 0 Å². The molecule has 1 aliphatic rings. The smallest absolute Gasteiger partial charge is 0.410 e. The fourth-order valence-electron chi connectivity index (χ4n) is 4.98. The molecule has 0 N–H and O–H groups in total. The molecule has 0 radical (unpaired) electrons.